The zero-order valence-corrected chi connectivity index (χ0v) is 13.8. The van der Waals surface area contributed by atoms with Crippen LogP contribution in [-0.4, -0.2) is 26.9 Å². The van der Waals surface area contributed by atoms with Crippen molar-refractivity contribution in [3.05, 3.63) is 35.1 Å². The van der Waals surface area contributed by atoms with Gasteiger partial charge < -0.3 is 9.47 Å². The summed E-state index contributed by atoms with van der Waals surface area (Å²) in [4.78, 5) is 0.791. The summed E-state index contributed by atoms with van der Waals surface area (Å²) in [6.45, 7) is 6.12. The fourth-order valence-corrected chi connectivity index (χ4v) is 2.93. The first kappa shape index (κ1) is 14.8. The van der Waals surface area contributed by atoms with E-state index in [-0.39, 0.29) is 12.0 Å². The van der Waals surface area contributed by atoms with Gasteiger partial charge in [-0.1, -0.05) is 31.3 Å². The van der Waals surface area contributed by atoms with Crippen molar-refractivity contribution >= 4 is 16.3 Å². The van der Waals surface area contributed by atoms with Gasteiger partial charge in [-0.15, -0.1) is 10.2 Å². The standard InChI is InChI=1S/C15H18N4O2S/c1-9(2)13-16-17-15-19(13)18-14(22-15)10(3)21-12-7-5-6-11(8-12)20-4/h5-10H,1-4H3/t10-/m0/s1. The largest absolute Gasteiger partial charge is 0.497 e. The van der Waals surface area contributed by atoms with E-state index in [9.17, 15) is 0 Å². The fourth-order valence-electron chi connectivity index (χ4n) is 2.10. The first-order valence-corrected chi connectivity index (χ1v) is 7.93. The molecule has 6 nitrogen and oxygen atoms in total. The van der Waals surface area contributed by atoms with Crippen molar-refractivity contribution < 1.29 is 9.47 Å². The molecule has 3 aromatic rings. The topological polar surface area (TPSA) is 61.5 Å². The smallest absolute Gasteiger partial charge is 0.234 e. The van der Waals surface area contributed by atoms with Crippen LogP contribution in [0.3, 0.4) is 0 Å². The molecule has 2 heterocycles. The van der Waals surface area contributed by atoms with E-state index < -0.39 is 0 Å². The Morgan fingerprint density at radius 1 is 1.14 bits per heavy atom. The van der Waals surface area contributed by atoms with Crippen molar-refractivity contribution in [3.63, 3.8) is 0 Å². The molecule has 3 rings (SSSR count). The summed E-state index contributed by atoms with van der Waals surface area (Å²) >= 11 is 1.49. The average Bonchev–Trinajstić information content (AvgIpc) is 3.07. The molecular weight excluding hydrogens is 300 g/mol. The van der Waals surface area contributed by atoms with Gasteiger partial charge in [-0.2, -0.15) is 9.61 Å². The van der Waals surface area contributed by atoms with Crippen molar-refractivity contribution in [2.75, 3.05) is 7.11 Å². The summed E-state index contributed by atoms with van der Waals surface area (Å²) in [6.07, 6.45) is -0.168. The monoisotopic (exact) mass is 318 g/mol. The molecule has 2 aromatic heterocycles. The highest BCUT2D eigenvalue weighted by molar-refractivity contribution is 7.16. The van der Waals surface area contributed by atoms with Crippen LogP contribution in [0.25, 0.3) is 4.96 Å². The van der Waals surface area contributed by atoms with Crippen molar-refractivity contribution in [3.8, 4) is 11.5 Å². The van der Waals surface area contributed by atoms with Crippen molar-refractivity contribution in [2.24, 2.45) is 0 Å². The fraction of sp³-hybridized carbons (Fsp3) is 0.400. The van der Waals surface area contributed by atoms with E-state index in [1.165, 1.54) is 11.3 Å². The summed E-state index contributed by atoms with van der Waals surface area (Å²) in [5.74, 6) is 2.66. The first-order chi connectivity index (χ1) is 10.6. The number of fused-ring (bicyclic) bond motifs is 1. The third kappa shape index (κ3) is 2.76. The molecule has 0 aliphatic rings. The molecule has 22 heavy (non-hydrogen) atoms. The predicted molar refractivity (Wildman–Crippen MR) is 84.8 cm³/mol. The van der Waals surface area contributed by atoms with Crippen LogP contribution < -0.4 is 9.47 Å². The van der Waals surface area contributed by atoms with E-state index in [2.05, 4.69) is 29.1 Å². The lowest BCUT2D eigenvalue weighted by Crippen LogP contribution is -2.05. The number of benzene rings is 1. The Hall–Kier alpha value is -2.15. The van der Waals surface area contributed by atoms with Gasteiger partial charge in [0, 0.05) is 12.0 Å². The zero-order chi connectivity index (χ0) is 15.7. The second-order valence-electron chi connectivity index (χ2n) is 5.29. The molecule has 0 aliphatic carbocycles. The molecule has 0 spiro atoms. The highest BCUT2D eigenvalue weighted by Crippen LogP contribution is 2.28. The molecule has 0 saturated carbocycles. The highest BCUT2D eigenvalue weighted by atomic mass is 32.1. The number of hydrogen-bond acceptors (Lipinski definition) is 6. The average molecular weight is 318 g/mol. The quantitative estimate of drug-likeness (QED) is 0.721. The van der Waals surface area contributed by atoms with Crippen LogP contribution in [0.15, 0.2) is 24.3 Å². The minimum Gasteiger partial charge on any atom is -0.497 e. The molecule has 0 radical (unpaired) electrons. The Morgan fingerprint density at radius 2 is 1.91 bits per heavy atom. The third-order valence-corrected chi connectivity index (χ3v) is 4.31. The Morgan fingerprint density at radius 3 is 2.64 bits per heavy atom. The van der Waals surface area contributed by atoms with Crippen LogP contribution in [0.2, 0.25) is 0 Å². The Bertz CT molecular complexity index is 781. The summed E-state index contributed by atoms with van der Waals surface area (Å²) < 4.78 is 13.0. The molecule has 0 unspecified atom stereocenters. The summed E-state index contributed by atoms with van der Waals surface area (Å²) in [6, 6.07) is 7.54. The minimum atomic E-state index is -0.168. The molecular formula is C15H18N4O2S. The number of hydrogen-bond donors (Lipinski definition) is 0. The number of rotatable bonds is 5. The van der Waals surface area contributed by atoms with Crippen LogP contribution in [0, 0.1) is 0 Å². The molecule has 0 bridgehead atoms. The SMILES string of the molecule is COc1cccc(O[C@@H](C)c2nn3c(C(C)C)nnc3s2)c1. The molecule has 0 saturated heterocycles. The Balaban J connectivity index is 1.83. The number of aromatic nitrogens is 4. The van der Waals surface area contributed by atoms with Gasteiger partial charge in [-0.25, -0.2) is 0 Å². The van der Waals surface area contributed by atoms with Gasteiger partial charge in [0.2, 0.25) is 4.96 Å². The maximum atomic E-state index is 5.95. The van der Waals surface area contributed by atoms with Crippen molar-refractivity contribution in [1.82, 2.24) is 19.8 Å². The Kier molecular flexibility index (Phi) is 3.98. The van der Waals surface area contributed by atoms with Crippen molar-refractivity contribution in [2.45, 2.75) is 32.8 Å². The molecule has 0 fully saturated rings. The lowest BCUT2D eigenvalue weighted by molar-refractivity contribution is 0.224. The second kappa shape index (κ2) is 5.92. The molecule has 1 atom stereocenters. The van der Waals surface area contributed by atoms with E-state index in [0.717, 1.165) is 27.3 Å². The summed E-state index contributed by atoms with van der Waals surface area (Å²) in [5, 5.41) is 13.8. The van der Waals surface area contributed by atoms with E-state index in [1.54, 1.807) is 11.6 Å². The maximum Gasteiger partial charge on any atom is 0.234 e. The van der Waals surface area contributed by atoms with Crippen molar-refractivity contribution in [1.29, 1.82) is 0 Å². The van der Waals surface area contributed by atoms with Gasteiger partial charge in [0.1, 0.15) is 17.6 Å². The van der Waals surface area contributed by atoms with Crippen LogP contribution >= 0.6 is 11.3 Å². The summed E-state index contributed by atoms with van der Waals surface area (Å²) in [5.41, 5.74) is 0. The van der Waals surface area contributed by atoms with Gasteiger partial charge in [-0.3, -0.25) is 0 Å². The van der Waals surface area contributed by atoms with Crippen LogP contribution in [-0.2, 0) is 0 Å². The Labute approximate surface area is 132 Å². The molecule has 116 valence electrons. The second-order valence-corrected chi connectivity index (χ2v) is 6.27. The third-order valence-electron chi connectivity index (χ3n) is 3.25. The lowest BCUT2D eigenvalue weighted by atomic mass is 10.2. The molecule has 0 N–H and O–H groups in total. The van der Waals surface area contributed by atoms with E-state index in [0.29, 0.717) is 0 Å². The number of ether oxygens (including phenoxy) is 2. The number of nitrogens with zero attached hydrogens (tertiary/aromatic N) is 4. The molecule has 0 aliphatic heterocycles. The molecule has 7 heteroatoms. The lowest BCUT2D eigenvalue weighted by Gasteiger charge is -2.12. The van der Waals surface area contributed by atoms with Gasteiger partial charge in [0.05, 0.1) is 7.11 Å². The normalized spacial score (nSPS) is 12.8. The minimum absolute atomic E-state index is 0.168. The van der Waals surface area contributed by atoms with Gasteiger partial charge >= 0.3 is 0 Å². The maximum absolute atomic E-state index is 5.95. The van der Waals surface area contributed by atoms with Crippen LogP contribution in [0.4, 0.5) is 0 Å². The van der Waals surface area contributed by atoms with Crippen LogP contribution in [0.5, 0.6) is 11.5 Å². The zero-order valence-electron chi connectivity index (χ0n) is 13.0. The van der Waals surface area contributed by atoms with Gasteiger partial charge in [0.25, 0.3) is 0 Å². The number of methoxy groups -OCH3 is 1. The van der Waals surface area contributed by atoms with Gasteiger partial charge in [0.15, 0.2) is 10.8 Å². The predicted octanol–water partition coefficient (Wildman–Crippen LogP) is 3.46. The van der Waals surface area contributed by atoms with E-state index in [4.69, 9.17) is 9.47 Å². The van der Waals surface area contributed by atoms with Gasteiger partial charge in [-0.05, 0) is 19.1 Å². The van der Waals surface area contributed by atoms with E-state index in [1.807, 2.05) is 31.2 Å². The van der Waals surface area contributed by atoms with E-state index >= 15 is 0 Å². The molecule has 0 amide bonds. The molecule has 1 aromatic carbocycles. The first-order valence-electron chi connectivity index (χ1n) is 7.11. The van der Waals surface area contributed by atoms with Crippen LogP contribution in [0.1, 0.15) is 43.6 Å². The highest BCUT2D eigenvalue weighted by Gasteiger charge is 2.18. The summed E-state index contributed by atoms with van der Waals surface area (Å²) in [7, 11) is 1.64.